The minimum absolute atomic E-state index is 0.0693. The molecule has 8 heteroatoms. The smallest absolute Gasteiger partial charge is 0.338 e. The number of rotatable bonds is 5. The SMILES string of the molecule is COC(=O)C1=C(OC)C(OC)=C(C(=O)OC)C1C(=O)OC. The summed E-state index contributed by atoms with van der Waals surface area (Å²) in [6, 6.07) is 0. The molecule has 0 amide bonds. The van der Waals surface area contributed by atoms with E-state index < -0.39 is 23.8 Å². The van der Waals surface area contributed by atoms with Crippen LogP contribution in [0.2, 0.25) is 0 Å². The zero-order chi connectivity index (χ0) is 16.2. The summed E-state index contributed by atoms with van der Waals surface area (Å²) >= 11 is 0. The van der Waals surface area contributed by atoms with Gasteiger partial charge in [0.1, 0.15) is 17.1 Å². The summed E-state index contributed by atoms with van der Waals surface area (Å²) in [6.07, 6.45) is 0. The Morgan fingerprint density at radius 2 is 1.10 bits per heavy atom. The Bertz CT molecular complexity index is 488. The van der Waals surface area contributed by atoms with Crippen molar-refractivity contribution in [2.75, 3.05) is 35.5 Å². The van der Waals surface area contributed by atoms with Crippen LogP contribution in [0.1, 0.15) is 0 Å². The van der Waals surface area contributed by atoms with Crippen molar-refractivity contribution < 1.29 is 38.1 Å². The highest BCUT2D eigenvalue weighted by Crippen LogP contribution is 2.40. The van der Waals surface area contributed by atoms with Crippen molar-refractivity contribution >= 4 is 17.9 Å². The standard InChI is InChI=1S/C13H16O8/c1-17-9-7(12(15)20-4)6(11(14)19-3)8(10(9)18-2)13(16)21-5/h6H,1-5H3. The third-order valence-corrected chi connectivity index (χ3v) is 2.93. The maximum atomic E-state index is 12.0. The van der Waals surface area contributed by atoms with Crippen molar-refractivity contribution in [3.8, 4) is 0 Å². The Hall–Kier alpha value is -2.51. The quantitative estimate of drug-likeness (QED) is 0.514. The third-order valence-electron chi connectivity index (χ3n) is 2.93. The molecule has 1 rings (SSSR count). The highest BCUT2D eigenvalue weighted by molar-refractivity contribution is 6.07. The third kappa shape index (κ3) is 2.69. The van der Waals surface area contributed by atoms with Gasteiger partial charge in [0.2, 0.25) is 0 Å². The monoisotopic (exact) mass is 300 g/mol. The molecule has 0 radical (unpaired) electrons. The van der Waals surface area contributed by atoms with Gasteiger partial charge in [-0.05, 0) is 0 Å². The second-order valence-corrected chi connectivity index (χ2v) is 3.83. The van der Waals surface area contributed by atoms with E-state index in [0.717, 1.165) is 21.3 Å². The molecule has 1 aliphatic rings. The second-order valence-electron chi connectivity index (χ2n) is 3.83. The molecule has 1 aliphatic carbocycles. The molecule has 0 aliphatic heterocycles. The normalized spacial score (nSPS) is 14.9. The van der Waals surface area contributed by atoms with Gasteiger partial charge in [0.25, 0.3) is 0 Å². The molecule has 0 saturated carbocycles. The van der Waals surface area contributed by atoms with Crippen LogP contribution in [-0.2, 0) is 38.1 Å². The first kappa shape index (κ1) is 16.5. The molecule has 0 aromatic rings. The Kier molecular flexibility index (Phi) is 5.34. The van der Waals surface area contributed by atoms with E-state index in [1.54, 1.807) is 0 Å². The van der Waals surface area contributed by atoms with Crippen LogP contribution in [0.15, 0.2) is 22.7 Å². The first-order valence-electron chi connectivity index (χ1n) is 5.79. The molecule has 0 bridgehead atoms. The average Bonchev–Trinajstić information content (AvgIpc) is 2.86. The van der Waals surface area contributed by atoms with Crippen LogP contribution >= 0.6 is 0 Å². The van der Waals surface area contributed by atoms with E-state index in [0.29, 0.717) is 0 Å². The molecule has 116 valence electrons. The fourth-order valence-corrected chi connectivity index (χ4v) is 2.05. The van der Waals surface area contributed by atoms with E-state index in [9.17, 15) is 14.4 Å². The molecule has 0 unspecified atom stereocenters. The summed E-state index contributed by atoms with van der Waals surface area (Å²) in [4.78, 5) is 35.8. The molecule has 0 fully saturated rings. The highest BCUT2D eigenvalue weighted by Gasteiger charge is 2.48. The van der Waals surface area contributed by atoms with Crippen LogP contribution < -0.4 is 0 Å². The van der Waals surface area contributed by atoms with Gasteiger partial charge in [-0.2, -0.15) is 0 Å². The first-order valence-corrected chi connectivity index (χ1v) is 5.79. The molecule has 8 nitrogen and oxygen atoms in total. The Morgan fingerprint density at radius 1 is 0.714 bits per heavy atom. The van der Waals surface area contributed by atoms with Gasteiger partial charge in [-0.3, -0.25) is 4.79 Å². The van der Waals surface area contributed by atoms with E-state index >= 15 is 0 Å². The van der Waals surface area contributed by atoms with Crippen molar-refractivity contribution in [1.29, 1.82) is 0 Å². The van der Waals surface area contributed by atoms with Gasteiger partial charge >= 0.3 is 17.9 Å². The van der Waals surface area contributed by atoms with Crippen molar-refractivity contribution in [3.05, 3.63) is 22.7 Å². The maximum absolute atomic E-state index is 12.0. The van der Waals surface area contributed by atoms with E-state index in [1.807, 2.05) is 0 Å². The molecular formula is C13H16O8. The highest BCUT2D eigenvalue weighted by atomic mass is 16.5. The van der Waals surface area contributed by atoms with Gasteiger partial charge in [0, 0.05) is 0 Å². The molecule has 0 spiro atoms. The summed E-state index contributed by atoms with van der Waals surface area (Å²) in [5.41, 5.74) is -0.354. The van der Waals surface area contributed by atoms with E-state index in [-0.39, 0.29) is 22.7 Å². The van der Waals surface area contributed by atoms with Gasteiger partial charge in [-0.1, -0.05) is 0 Å². The number of hydrogen-bond acceptors (Lipinski definition) is 8. The lowest BCUT2D eigenvalue weighted by Gasteiger charge is -2.13. The van der Waals surface area contributed by atoms with Crippen LogP contribution in [0, 0.1) is 5.92 Å². The fourth-order valence-electron chi connectivity index (χ4n) is 2.05. The van der Waals surface area contributed by atoms with Crippen LogP contribution in [0.4, 0.5) is 0 Å². The second kappa shape index (κ2) is 6.78. The zero-order valence-corrected chi connectivity index (χ0v) is 12.3. The molecule has 0 heterocycles. The van der Waals surface area contributed by atoms with E-state index in [1.165, 1.54) is 14.2 Å². The molecule has 0 saturated heterocycles. The lowest BCUT2D eigenvalue weighted by atomic mass is 9.95. The molecule has 0 N–H and O–H groups in total. The van der Waals surface area contributed by atoms with Gasteiger partial charge in [0.05, 0.1) is 35.5 Å². The number of carbonyl (C=O) groups is 3. The van der Waals surface area contributed by atoms with Crippen LogP contribution in [0.3, 0.4) is 0 Å². The zero-order valence-electron chi connectivity index (χ0n) is 12.3. The van der Waals surface area contributed by atoms with Gasteiger partial charge in [0.15, 0.2) is 11.5 Å². The average molecular weight is 300 g/mol. The number of ether oxygens (including phenoxy) is 5. The predicted molar refractivity (Wildman–Crippen MR) is 67.6 cm³/mol. The molecule has 0 atom stereocenters. The number of esters is 3. The van der Waals surface area contributed by atoms with Gasteiger partial charge < -0.3 is 23.7 Å². The predicted octanol–water partition coefficient (Wildman–Crippen LogP) is -0.0638. The van der Waals surface area contributed by atoms with Gasteiger partial charge in [-0.15, -0.1) is 0 Å². The minimum atomic E-state index is -1.33. The largest absolute Gasteiger partial charge is 0.492 e. The maximum Gasteiger partial charge on any atom is 0.338 e. The fraction of sp³-hybridized carbons (Fsp3) is 0.462. The van der Waals surface area contributed by atoms with E-state index in [2.05, 4.69) is 14.2 Å². The van der Waals surface area contributed by atoms with Crippen LogP contribution in [0.5, 0.6) is 0 Å². The summed E-state index contributed by atoms with van der Waals surface area (Å²) < 4.78 is 24.1. The lowest BCUT2D eigenvalue weighted by molar-refractivity contribution is -0.148. The van der Waals surface area contributed by atoms with Crippen molar-refractivity contribution in [2.24, 2.45) is 5.92 Å². The summed E-state index contributed by atoms with van der Waals surface area (Å²) in [7, 11) is 5.94. The number of carbonyl (C=O) groups excluding carboxylic acids is 3. The summed E-state index contributed by atoms with van der Waals surface area (Å²) in [5, 5.41) is 0. The summed E-state index contributed by atoms with van der Waals surface area (Å²) in [6.45, 7) is 0. The number of hydrogen-bond donors (Lipinski definition) is 0. The molecule has 0 aromatic heterocycles. The van der Waals surface area contributed by atoms with Crippen molar-refractivity contribution in [2.45, 2.75) is 0 Å². The number of methoxy groups -OCH3 is 5. The minimum Gasteiger partial charge on any atom is -0.492 e. The van der Waals surface area contributed by atoms with Crippen LogP contribution in [0.25, 0.3) is 0 Å². The van der Waals surface area contributed by atoms with Crippen molar-refractivity contribution in [1.82, 2.24) is 0 Å². The molecule has 0 aromatic carbocycles. The first-order chi connectivity index (χ1) is 9.98. The van der Waals surface area contributed by atoms with Gasteiger partial charge in [-0.25, -0.2) is 9.59 Å². The molecule has 21 heavy (non-hydrogen) atoms. The Balaban J connectivity index is 3.58. The lowest BCUT2D eigenvalue weighted by Crippen LogP contribution is -2.27. The Morgan fingerprint density at radius 3 is 1.33 bits per heavy atom. The molecular weight excluding hydrogens is 284 g/mol. The van der Waals surface area contributed by atoms with Crippen molar-refractivity contribution in [3.63, 3.8) is 0 Å². The summed E-state index contributed by atoms with van der Waals surface area (Å²) in [5.74, 6) is -3.98. The van der Waals surface area contributed by atoms with Crippen LogP contribution in [-0.4, -0.2) is 53.5 Å². The van der Waals surface area contributed by atoms with E-state index in [4.69, 9.17) is 9.47 Å². The topological polar surface area (TPSA) is 97.4 Å². The Labute approximate surface area is 121 Å².